The van der Waals surface area contributed by atoms with Crippen molar-refractivity contribution in [1.82, 2.24) is 0 Å². The number of carbonyl (C=O) groups is 1. The van der Waals surface area contributed by atoms with Crippen molar-refractivity contribution in [3.63, 3.8) is 0 Å². The molecule has 28 heavy (non-hydrogen) atoms. The Morgan fingerprint density at radius 1 is 0.821 bits per heavy atom. The molecule has 4 nitrogen and oxygen atoms in total. The van der Waals surface area contributed by atoms with Gasteiger partial charge in [0.25, 0.3) is 0 Å². The van der Waals surface area contributed by atoms with E-state index in [0.29, 0.717) is 39.2 Å². The molecule has 0 aliphatic carbocycles. The first kappa shape index (κ1) is 20.6. The van der Waals surface area contributed by atoms with Crippen LogP contribution in [-0.2, 0) is 4.74 Å². The van der Waals surface area contributed by atoms with E-state index >= 15 is 0 Å². The maximum absolute atomic E-state index is 12.5. The van der Waals surface area contributed by atoms with Crippen molar-refractivity contribution >= 4 is 37.8 Å². The van der Waals surface area contributed by atoms with Crippen molar-refractivity contribution < 1.29 is 19.0 Å². The van der Waals surface area contributed by atoms with Crippen molar-refractivity contribution in [2.45, 2.75) is 0 Å². The lowest BCUT2D eigenvalue weighted by molar-refractivity contribution is 0.0733. The summed E-state index contributed by atoms with van der Waals surface area (Å²) in [6.45, 7) is 0.919. The third kappa shape index (κ3) is 5.22. The number of benzene rings is 3. The zero-order chi connectivity index (χ0) is 19.9. The molecule has 0 spiro atoms. The van der Waals surface area contributed by atoms with E-state index in [1.54, 1.807) is 31.4 Å². The largest absolute Gasteiger partial charge is 0.490 e. The zero-order valence-electron chi connectivity index (χ0n) is 15.2. The van der Waals surface area contributed by atoms with Gasteiger partial charge in [-0.3, -0.25) is 0 Å². The molecule has 0 radical (unpaired) electrons. The molecule has 0 unspecified atom stereocenters. The van der Waals surface area contributed by atoms with Crippen molar-refractivity contribution in [3.05, 3.63) is 81.2 Å². The highest BCUT2D eigenvalue weighted by Gasteiger charge is 2.14. The number of hydrogen-bond donors (Lipinski definition) is 0. The average molecular weight is 506 g/mol. The summed E-state index contributed by atoms with van der Waals surface area (Å²) in [5.41, 5.74) is 2.55. The van der Waals surface area contributed by atoms with Crippen LogP contribution in [0.15, 0.2) is 75.7 Å². The van der Waals surface area contributed by atoms with E-state index in [2.05, 4.69) is 31.9 Å². The van der Waals surface area contributed by atoms with Crippen LogP contribution < -0.4 is 9.47 Å². The first-order chi connectivity index (χ1) is 13.6. The molecule has 0 aliphatic heterocycles. The summed E-state index contributed by atoms with van der Waals surface area (Å²) < 4.78 is 17.5. The Morgan fingerprint density at radius 2 is 1.54 bits per heavy atom. The van der Waals surface area contributed by atoms with Crippen molar-refractivity contribution in [3.8, 4) is 22.6 Å². The van der Waals surface area contributed by atoms with Gasteiger partial charge in [-0.25, -0.2) is 4.79 Å². The van der Waals surface area contributed by atoms with Crippen LogP contribution in [0.5, 0.6) is 11.5 Å². The van der Waals surface area contributed by atoms with E-state index in [4.69, 9.17) is 14.2 Å². The minimum absolute atomic E-state index is 0.421. The molecule has 0 saturated heterocycles. The molecule has 144 valence electrons. The molecular weight excluding hydrogens is 488 g/mol. The van der Waals surface area contributed by atoms with E-state index in [9.17, 15) is 4.79 Å². The second-order valence-corrected chi connectivity index (χ2v) is 7.60. The van der Waals surface area contributed by atoms with Gasteiger partial charge in [0, 0.05) is 7.11 Å². The number of ether oxygens (including phenoxy) is 3. The quantitative estimate of drug-likeness (QED) is 0.220. The monoisotopic (exact) mass is 504 g/mol. The molecule has 3 aromatic carbocycles. The van der Waals surface area contributed by atoms with E-state index < -0.39 is 5.97 Å². The third-order valence-corrected chi connectivity index (χ3v) is 5.19. The summed E-state index contributed by atoms with van der Waals surface area (Å²) in [4.78, 5) is 12.5. The number of carbonyl (C=O) groups excluding carboxylic acids is 1. The van der Waals surface area contributed by atoms with Gasteiger partial charge in [0.1, 0.15) is 18.1 Å². The molecule has 3 rings (SSSR count). The summed E-state index contributed by atoms with van der Waals surface area (Å²) in [5.74, 6) is 0.653. The second kappa shape index (κ2) is 9.87. The fourth-order valence-corrected chi connectivity index (χ4v) is 3.49. The Morgan fingerprint density at radius 3 is 2.21 bits per heavy atom. The molecule has 0 saturated carbocycles. The minimum Gasteiger partial charge on any atom is -0.490 e. The molecule has 0 aromatic heterocycles. The topological polar surface area (TPSA) is 44.8 Å². The van der Waals surface area contributed by atoms with Gasteiger partial charge < -0.3 is 14.2 Å². The summed E-state index contributed by atoms with van der Waals surface area (Å²) in [6.07, 6.45) is 0. The molecule has 3 aromatic rings. The number of hydrogen-bond acceptors (Lipinski definition) is 4. The van der Waals surface area contributed by atoms with E-state index in [1.807, 2.05) is 42.5 Å². The molecule has 0 N–H and O–H groups in total. The lowest BCUT2D eigenvalue weighted by Gasteiger charge is -2.11. The maximum Gasteiger partial charge on any atom is 0.343 e. The van der Waals surface area contributed by atoms with Gasteiger partial charge in [0.15, 0.2) is 0 Å². The van der Waals surface area contributed by atoms with Gasteiger partial charge in [-0.2, -0.15) is 0 Å². The van der Waals surface area contributed by atoms with Gasteiger partial charge in [-0.15, -0.1) is 0 Å². The highest BCUT2D eigenvalue weighted by atomic mass is 79.9. The highest BCUT2D eigenvalue weighted by molar-refractivity contribution is 9.10. The molecule has 0 fully saturated rings. The normalized spacial score (nSPS) is 10.5. The van der Waals surface area contributed by atoms with Crippen molar-refractivity contribution in [2.75, 3.05) is 20.3 Å². The smallest absolute Gasteiger partial charge is 0.343 e. The summed E-state index contributed by atoms with van der Waals surface area (Å²) in [6, 6.07) is 20.7. The summed E-state index contributed by atoms with van der Waals surface area (Å²) in [7, 11) is 1.61. The summed E-state index contributed by atoms with van der Waals surface area (Å²) in [5, 5.41) is 0. The van der Waals surface area contributed by atoms with Crippen LogP contribution in [-0.4, -0.2) is 26.3 Å². The second-order valence-electron chi connectivity index (χ2n) is 5.89. The standard InChI is InChI=1S/C22H18Br2O4/c1-26-11-12-27-20-9-8-17(14-18(20)23)22(25)28-21-10-7-16(13-19(21)24)15-5-3-2-4-6-15/h2-10,13-14H,11-12H2,1H3. The van der Waals surface area contributed by atoms with Gasteiger partial charge in [-0.05, 0) is 73.3 Å². The number of esters is 1. The third-order valence-electron chi connectivity index (χ3n) is 3.95. The first-order valence-corrected chi connectivity index (χ1v) is 10.2. The molecule has 6 heteroatoms. The molecular formula is C22H18Br2O4. The fourth-order valence-electron chi connectivity index (χ4n) is 2.53. The minimum atomic E-state index is -0.447. The predicted octanol–water partition coefficient (Wildman–Crippen LogP) is 6.12. The molecule has 0 heterocycles. The Labute approximate surface area is 180 Å². The fraction of sp³-hybridized carbons (Fsp3) is 0.136. The van der Waals surface area contributed by atoms with Crippen molar-refractivity contribution in [2.24, 2.45) is 0 Å². The van der Waals surface area contributed by atoms with Crippen molar-refractivity contribution in [1.29, 1.82) is 0 Å². The van der Waals surface area contributed by atoms with Gasteiger partial charge in [-0.1, -0.05) is 36.4 Å². The maximum atomic E-state index is 12.5. The van der Waals surface area contributed by atoms with E-state index in [-0.39, 0.29) is 0 Å². The molecule has 0 amide bonds. The van der Waals surface area contributed by atoms with Crippen LogP contribution >= 0.6 is 31.9 Å². The first-order valence-electron chi connectivity index (χ1n) is 8.57. The van der Waals surface area contributed by atoms with Gasteiger partial charge >= 0.3 is 5.97 Å². The van der Waals surface area contributed by atoms with Crippen LogP contribution in [0.4, 0.5) is 0 Å². The summed E-state index contributed by atoms with van der Waals surface area (Å²) >= 11 is 6.91. The van der Waals surface area contributed by atoms with Gasteiger partial charge in [0.05, 0.1) is 21.1 Å². The zero-order valence-corrected chi connectivity index (χ0v) is 18.3. The predicted molar refractivity (Wildman–Crippen MR) is 116 cm³/mol. The Hall–Kier alpha value is -2.15. The number of methoxy groups -OCH3 is 1. The van der Waals surface area contributed by atoms with Crippen LogP contribution in [0.3, 0.4) is 0 Å². The Balaban J connectivity index is 1.71. The Kier molecular flexibility index (Phi) is 7.25. The lowest BCUT2D eigenvalue weighted by atomic mass is 10.1. The highest BCUT2D eigenvalue weighted by Crippen LogP contribution is 2.32. The average Bonchev–Trinajstić information content (AvgIpc) is 2.71. The molecule has 0 atom stereocenters. The lowest BCUT2D eigenvalue weighted by Crippen LogP contribution is -2.10. The van der Waals surface area contributed by atoms with Crippen LogP contribution in [0.25, 0.3) is 11.1 Å². The number of rotatable bonds is 7. The molecule has 0 aliphatic rings. The SMILES string of the molecule is COCCOc1ccc(C(=O)Oc2ccc(-c3ccccc3)cc2Br)cc1Br. The Bertz CT molecular complexity index is 958. The van der Waals surface area contributed by atoms with Crippen LogP contribution in [0.2, 0.25) is 0 Å². The van der Waals surface area contributed by atoms with Gasteiger partial charge in [0.2, 0.25) is 0 Å². The van der Waals surface area contributed by atoms with Crippen LogP contribution in [0, 0.1) is 0 Å². The van der Waals surface area contributed by atoms with Crippen LogP contribution in [0.1, 0.15) is 10.4 Å². The van der Waals surface area contributed by atoms with E-state index in [0.717, 1.165) is 11.1 Å². The van der Waals surface area contributed by atoms with E-state index in [1.165, 1.54) is 0 Å². The number of halogens is 2. The molecule has 0 bridgehead atoms.